The summed E-state index contributed by atoms with van der Waals surface area (Å²) in [5, 5.41) is 13.2. The Morgan fingerprint density at radius 2 is 1.93 bits per heavy atom. The van der Waals surface area contributed by atoms with Crippen LogP contribution < -0.4 is 5.32 Å². The first-order valence-electron chi connectivity index (χ1n) is 4.85. The van der Waals surface area contributed by atoms with Crippen LogP contribution in [0.1, 0.15) is 27.7 Å². The number of nitrogens with zero attached hydrogens (tertiary/aromatic N) is 1. The molecule has 0 aromatic carbocycles. The highest BCUT2D eigenvalue weighted by Gasteiger charge is 2.35. The minimum atomic E-state index is -0.829. The molecule has 1 aromatic heterocycles. The molecule has 0 atom stereocenters. The van der Waals surface area contributed by atoms with Crippen molar-refractivity contribution < 1.29 is 5.11 Å². The summed E-state index contributed by atoms with van der Waals surface area (Å²) in [6.45, 7) is 7.43. The van der Waals surface area contributed by atoms with Crippen molar-refractivity contribution in [1.29, 1.82) is 0 Å². The van der Waals surface area contributed by atoms with E-state index in [4.69, 9.17) is 0 Å². The first-order chi connectivity index (χ1) is 6.74. The lowest BCUT2D eigenvalue weighted by molar-refractivity contribution is 0.0238. The van der Waals surface area contributed by atoms with Crippen molar-refractivity contribution in [2.75, 3.05) is 5.32 Å². The van der Waals surface area contributed by atoms with Crippen LogP contribution in [-0.2, 0) is 0 Å². The molecule has 0 aliphatic heterocycles. The predicted octanol–water partition coefficient (Wildman–Crippen LogP) is 2.81. The summed E-state index contributed by atoms with van der Waals surface area (Å²) in [5.74, 6) is 0.740. The lowest BCUT2D eigenvalue weighted by atomic mass is 9.86. The molecule has 84 valence electrons. The van der Waals surface area contributed by atoms with Gasteiger partial charge in [-0.1, -0.05) is 0 Å². The fourth-order valence-electron chi connectivity index (χ4n) is 0.927. The maximum absolute atomic E-state index is 9.99. The Kier molecular flexibility index (Phi) is 3.41. The topological polar surface area (TPSA) is 45.1 Å². The zero-order chi connectivity index (χ0) is 11.7. The summed E-state index contributed by atoms with van der Waals surface area (Å²) >= 11 is 3.41. The van der Waals surface area contributed by atoms with E-state index in [1.165, 1.54) is 0 Å². The average Bonchev–Trinajstić information content (AvgIpc) is 2.06. The number of rotatable bonds is 3. The largest absolute Gasteiger partial charge is 0.388 e. The van der Waals surface area contributed by atoms with Crippen molar-refractivity contribution in [2.45, 2.75) is 38.8 Å². The second-order valence-corrected chi connectivity index (χ2v) is 5.50. The number of halogens is 1. The molecule has 3 nitrogen and oxygen atoms in total. The van der Waals surface area contributed by atoms with Crippen LogP contribution in [0.25, 0.3) is 0 Å². The average molecular weight is 273 g/mol. The van der Waals surface area contributed by atoms with Crippen LogP contribution in [0.3, 0.4) is 0 Å². The van der Waals surface area contributed by atoms with Gasteiger partial charge in [-0.25, -0.2) is 4.98 Å². The van der Waals surface area contributed by atoms with Crippen molar-refractivity contribution in [3.63, 3.8) is 0 Å². The molecule has 0 bridgehead atoms. The van der Waals surface area contributed by atoms with Gasteiger partial charge in [0.2, 0.25) is 0 Å². The van der Waals surface area contributed by atoms with Crippen LogP contribution in [0, 0.1) is 0 Å². The van der Waals surface area contributed by atoms with Gasteiger partial charge in [-0.3, -0.25) is 0 Å². The molecule has 0 saturated carbocycles. The lowest BCUT2D eigenvalue weighted by Crippen LogP contribution is -2.51. The van der Waals surface area contributed by atoms with Crippen LogP contribution in [0.4, 0.5) is 5.82 Å². The quantitative estimate of drug-likeness (QED) is 0.890. The molecule has 2 N–H and O–H groups in total. The van der Waals surface area contributed by atoms with Gasteiger partial charge in [-0.2, -0.15) is 0 Å². The fraction of sp³-hybridized carbons (Fsp3) is 0.545. The van der Waals surface area contributed by atoms with E-state index in [2.05, 4.69) is 26.2 Å². The number of pyridine rings is 1. The van der Waals surface area contributed by atoms with Gasteiger partial charge in [-0.15, -0.1) is 0 Å². The second kappa shape index (κ2) is 4.10. The zero-order valence-corrected chi connectivity index (χ0v) is 11.1. The summed E-state index contributed by atoms with van der Waals surface area (Å²) in [7, 11) is 0. The molecular formula is C11H17BrN2O. The lowest BCUT2D eigenvalue weighted by Gasteiger charge is -2.38. The van der Waals surface area contributed by atoms with Crippen molar-refractivity contribution in [1.82, 2.24) is 4.98 Å². The number of nitrogens with one attached hydrogen (secondary N) is 1. The van der Waals surface area contributed by atoms with Gasteiger partial charge >= 0.3 is 0 Å². The molecule has 0 aliphatic carbocycles. The van der Waals surface area contributed by atoms with Crippen molar-refractivity contribution in [3.8, 4) is 0 Å². The number of aliphatic hydroxyl groups is 1. The minimum absolute atomic E-state index is 0.454. The van der Waals surface area contributed by atoms with Crippen molar-refractivity contribution in [3.05, 3.63) is 22.8 Å². The van der Waals surface area contributed by atoms with Crippen LogP contribution in [-0.4, -0.2) is 21.2 Å². The molecule has 0 spiro atoms. The normalized spacial score (nSPS) is 12.7. The van der Waals surface area contributed by atoms with E-state index in [0.717, 1.165) is 10.3 Å². The molecule has 1 rings (SSSR count). The van der Waals surface area contributed by atoms with E-state index in [1.807, 2.05) is 26.0 Å². The smallest absolute Gasteiger partial charge is 0.140 e. The molecule has 15 heavy (non-hydrogen) atoms. The first kappa shape index (κ1) is 12.5. The maximum atomic E-state index is 9.99. The summed E-state index contributed by atoms with van der Waals surface area (Å²) in [6, 6.07) is 3.77. The van der Waals surface area contributed by atoms with Crippen molar-refractivity contribution >= 4 is 21.7 Å². The Bertz CT molecular complexity index is 345. The Morgan fingerprint density at radius 1 is 1.33 bits per heavy atom. The first-order valence-corrected chi connectivity index (χ1v) is 5.64. The number of hydrogen-bond donors (Lipinski definition) is 2. The molecule has 0 unspecified atom stereocenters. The van der Waals surface area contributed by atoms with Gasteiger partial charge in [0.05, 0.1) is 15.6 Å². The molecule has 0 saturated heterocycles. The number of aromatic nitrogens is 1. The molecule has 1 heterocycles. The highest BCUT2D eigenvalue weighted by atomic mass is 79.9. The Labute approximate surface area is 99.1 Å². The molecule has 0 aliphatic rings. The molecule has 0 radical (unpaired) electrons. The van der Waals surface area contributed by atoms with E-state index in [9.17, 15) is 5.11 Å². The van der Waals surface area contributed by atoms with E-state index in [1.54, 1.807) is 20.0 Å². The SMILES string of the molecule is CC(C)(O)C(C)(C)Nc1ncccc1Br. The standard InChI is InChI=1S/C11H17BrN2O/c1-10(2,11(3,4)15)14-9-8(12)6-5-7-13-9/h5-7,15H,1-4H3,(H,13,14). The van der Waals surface area contributed by atoms with Crippen LogP contribution in [0.2, 0.25) is 0 Å². The van der Waals surface area contributed by atoms with Gasteiger partial charge in [-0.05, 0) is 55.8 Å². The predicted molar refractivity (Wildman–Crippen MR) is 65.9 cm³/mol. The third-order valence-corrected chi connectivity index (χ3v) is 3.36. The Morgan fingerprint density at radius 3 is 2.40 bits per heavy atom. The van der Waals surface area contributed by atoms with Gasteiger partial charge < -0.3 is 10.4 Å². The molecular weight excluding hydrogens is 256 g/mol. The number of hydrogen-bond acceptors (Lipinski definition) is 3. The molecule has 1 aromatic rings. The van der Waals surface area contributed by atoms with Crippen LogP contribution >= 0.6 is 15.9 Å². The summed E-state index contributed by atoms with van der Waals surface area (Å²) in [6.07, 6.45) is 1.72. The minimum Gasteiger partial charge on any atom is -0.388 e. The van der Waals surface area contributed by atoms with E-state index in [-0.39, 0.29) is 0 Å². The summed E-state index contributed by atoms with van der Waals surface area (Å²) < 4.78 is 0.891. The Hall–Kier alpha value is -0.610. The van der Waals surface area contributed by atoms with Crippen molar-refractivity contribution in [2.24, 2.45) is 0 Å². The molecule has 0 amide bonds. The third-order valence-electron chi connectivity index (χ3n) is 2.72. The van der Waals surface area contributed by atoms with Gasteiger partial charge in [0.15, 0.2) is 0 Å². The zero-order valence-electron chi connectivity index (χ0n) is 9.50. The van der Waals surface area contributed by atoms with E-state index in [0.29, 0.717) is 0 Å². The van der Waals surface area contributed by atoms with Gasteiger partial charge in [0.1, 0.15) is 5.82 Å². The Balaban J connectivity index is 2.92. The van der Waals surface area contributed by atoms with E-state index >= 15 is 0 Å². The van der Waals surface area contributed by atoms with Gasteiger partial charge in [0, 0.05) is 6.20 Å². The highest BCUT2D eigenvalue weighted by molar-refractivity contribution is 9.10. The number of anilines is 1. The van der Waals surface area contributed by atoms with Crippen LogP contribution in [0.5, 0.6) is 0 Å². The summed E-state index contributed by atoms with van der Waals surface area (Å²) in [4.78, 5) is 4.21. The second-order valence-electron chi connectivity index (χ2n) is 4.64. The highest BCUT2D eigenvalue weighted by Crippen LogP contribution is 2.28. The van der Waals surface area contributed by atoms with Gasteiger partial charge in [0.25, 0.3) is 0 Å². The monoisotopic (exact) mass is 272 g/mol. The molecule has 4 heteroatoms. The van der Waals surface area contributed by atoms with E-state index < -0.39 is 11.1 Å². The molecule has 0 fully saturated rings. The fourth-order valence-corrected chi connectivity index (χ4v) is 1.28. The summed E-state index contributed by atoms with van der Waals surface area (Å²) in [5.41, 5.74) is -1.28. The maximum Gasteiger partial charge on any atom is 0.140 e. The van der Waals surface area contributed by atoms with Crippen LogP contribution in [0.15, 0.2) is 22.8 Å². The third kappa shape index (κ3) is 2.92.